The third-order valence-corrected chi connectivity index (χ3v) is 5.34. The molecule has 21 heavy (non-hydrogen) atoms. The summed E-state index contributed by atoms with van der Waals surface area (Å²) in [5.74, 6) is -1.42. The van der Waals surface area contributed by atoms with Crippen LogP contribution in [-0.2, 0) is 9.53 Å². The number of amides is 1. The van der Waals surface area contributed by atoms with Gasteiger partial charge in [0.05, 0.1) is 17.3 Å². The molecule has 1 fully saturated rings. The van der Waals surface area contributed by atoms with Gasteiger partial charge < -0.3 is 15.2 Å². The standard InChI is InChI=1S/C14H20N2O4S/c1-5-20-9-6-14(12(18)19,13(9,3)4)16-11(17)10-8(2)15-7-21-10/h7,9H,5-6H2,1-4H3,(H,16,17)(H,18,19). The first kappa shape index (κ1) is 15.9. The number of aliphatic carboxylic acids is 1. The van der Waals surface area contributed by atoms with E-state index in [4.69, 9.17) is 4.74 Å². The van der Waals surface area contributed by atoms with E-state index in [0.29, 0.717) is 17.2 Å². The van der Waals surface area contributed by atoms with Crippen LogP contribution in [-0.4, -0.2) is 40.2 Å². The van der Waals surface area contributed by atoms with Gasteiger partial charge in [-0.05, 0) is 13.8 Å². The topological polar surface area (TPSA) is 88.5 Å². The first-order chi connectivity index (χ1) is 9.76. The van der Waals surface area contributed by atoms with Gasteiger partial charge in [0.1, 0.15) is 10.4 Å². The zero-order valence-electron chi connectivity index (χ0n) is 12.6. The van der Waals surface area contributed by atoms with Gasteiger partial charge >= 0.3 is 5.97 Å². The van der Waals surface area contributed by atoms with Gasteiger partial charge in [0.2, 0.25) is 0 Å². The van der Waals surface area contributed by atoms with E-state index in [1.807, 2.05) is 20.8 Å². The lowest BCUT2D eigenvalue weighted by molar-refractivity contribution is -0.190. The van der Waals surface area contributed by atoms with E-state index in [1.54, 1.807) is 12.4 Å². The maximum Gasteiger partial charge on any atom is 0.330 e. The fraction of sp³-hybridized carbons (Fsp3) is 0.643. The average Bonchev–Trinajstić information content (AvgIpc) is 2.83. The monoisotopic (exact) mass is 312 g/mol. The molecule has 1 aromatic rings. The van der Waals surface area contributed by atoms with E-state index in [1.165, 1.54) is 11.3 Å². The van der Waals surface area contributed by atoms with E-state index in [9.17, 15) is 14.7 Å². The number of carbonyl (C=O) groups is 2. The molecule has 7 heteroatoms. The number of carbonyl (C=O) groups excluding carboxylic acids is 1. The summed E-state index contributed by atoms with van der Waals surface area (Å²) in [4.78, 5) is 28.6. The van der Waals surface area contributed by atoms with Crippen LogP contribution < -0.4 is 5.32 Å². The fourth-order valence-corrected chi connectivity index (χ4v) is 3.50. The van der Waals surface area contributed by atoms with Gasteiger partial charge in [-0.3, -0.25) is 4.79 Å². The molecule has 2 rings (SSSR count). The lowest BCUT2D eigenvalue weighted by Gasteiger charge is -2.58. The molecule has 1 amide bonds. The number of nitrogens with zero attached hydrogens (tertiary/aromatic N) is 1. The Morgan fingerprint density at radius 1 is 1.57 bits per heavy atom. The van der Waals surface area contributed by atoms with Crippen LogP contribution in [0.3, 0.4) is 0 Å². The van der Waals surface area contributed by atoms with E-state index < -0.39 is 16.9 Å². The number of rotatable bonds is 5. The van der Waals surface area contributed by atoms with E-state index in [2.05, 4.69) is 10.3 Å². The van der Waals surface area contributed by atoms with Gasteiger partial charge in [-0.1, -0.05) is 13.8 Å². The van der Waals surface area contributed by atoms with Gasteiger partial charge in [-0.15, -0.1) is 11.3 Å². The maximum absolute atomic E-state index is 12.3. The predicted molar refractivity (Wildman–Crippen MR) is 78.5 cm³/mol. The number of ether oxygens (including phenoxy) is 1. The molecule has 6 nitrogen and oxygen atoms in total. The van der Waals surface area contributed by atoms with Crippen LogP contribution in [0, 0.1) is 12.3 Å². The summed E-state index contributed by atoms with van der Waals surface area (Å²) in [5.41, 5.74) is 0.201. The molecular formula is C14H20N2O4S. The highest BCUT2D eigenvalue weighted by Crippen LogP contribution is 2.51. The lowest BCUT2D eigenvalue weighted by Crippen LogP contribution is -2.76. The molecule has 0 radical (unpaired) electrons. The van der Waals surface area contributed by atoms with Crippen LogP contribution in [0.15, 0.2) is 5.51 Å². The molecule has 0 saturated heterocycles. The summed E-state index contributed by atoms with van der Waals surface area (Å²) < 4.78 is 5.57. The Morgan fingerprint density at radius 2 is 2.24 bits per heavy atom. The van der Waals surface area contributed by atoms with Crippen LogP contribution in [0.5, 0.6) is 0 Å². The molecule has 2 atom stereocenters. The van der Waals surface area contributed by atoms with Crippen LogP contribution in [0.25, 0.3) is 0 Å². The smallest absolute Gasteiger partial charge is 0.330 e. The molecule has 0 bridgehead atoms. The quantitative estimate of drug-likeness (QED) is 0.866. The Kier molecular flexibility index (Phi) is 4.08. The molecule has 1 aliphatic rings. The number of hydrogen-bond acceptors (Lipinski definition) is 5. The van der Waals surface area contributed by atoms with Gasteiger partial charge in [-0.25, -0.2) is 9.78 Å². The summed E-state index contributed by atoms with van der Waals surface area (Å²) in [6.07, 6.45) is 0.0914. The van der Waals surface area contributed by atoms with Gasteiger partial charge in [-0.2, -0.15) is 0 Å². The number of nitrogens with one attached hydrogen (secondary N) is 1. The maximum atomic E-state index is 12.3. The van der Waals surface area contributed by atoms with Crippen LogP contribution in [0.2, 0.25) is 0 Å². The minimum atomic E-state index is -1.31. The first-order valence-electron chi connectivity index (χ1n) is 6.84. The van der Waals surface area contributed by atoms with Crippen LogP contribution >= 0.6 is 11.3 Å². The van der Waals surface area contributed by atoms with Crippen molar-refractivity contribution in [3.05, 3.63) is 16.1 Å². The SMILES string of the molecule is CCOC1CC(NC(=O)c2scnc2C)(C(=O)O)C1(C)C. The second-order valence-corrected chi connectivity index (χ2v) is 6.66. The number of aromatic nitrogens is 1. The van der Waals surface area contributed by atoms with E-state index >= 15 is 0 Å². The highest BCUT2D eigenvalue weighted by atomic mass is 32.1. The van der Waals surface area contributed by atoms with Crippen molar-refractivity contribution >= 4 is 23.2 Å². The zero-order valence-corrected chi connectivity index (χ0v) is 13.4. The summed E-state index contributed by atoms with van der Waals surface area (Å²) in [6, 6.07) is 0. The minimum absolute atomic E-state index is 0.179. The highest BCUT2D eigenvalue weighted by molar-refractivity contribution is 7.11. The zero-order chi connectivity index (χ0) is 15.8. The van der Waals surface area contributed by atoms with Crippen molar-refractivity contribution < 1.29 is 19.4 Å². The highest BCUT2D eigenvalue weighted by Gasteiger charge is 2.66. The third kappa shape index (κ3) is 2.34. The molecule has 2 N–H and O–H groups in total. The second kappa shape index (κ2) is 5.38. The Labute approximate surface area is 127 Å². The molecular weight excluding hydrogens is 292 g/mol. The molecule has 0 spiro atoms. The molecule has 1 aromatic heterocycles. The van der Waals surface area contributed by atoms with Gasteiger partial charge in [0.25, 0.3) is 5.91 Å². The molecule has 0 aliphatic heterocycles. The van der Waals surface area contributed by atoms with Gasteiger partial charge in [0, 0.05) is 18.4 Å². The van der Waals surface area contributed by atoms with E-state index in [0.717, 1.165) is 0 Å². The summed E-state index contributed by atoms with van der Waals surface area (Å²) in [7, 11) is 0. The van der Waals surface area contributed by atoms with Crippen molar-refractivity contribution in [2.75, 3.05) is 6.61 Å². The number of carboxylic acids is 1. The van der Waals surface area contributed by atoms with Crippen molar-refractivity contribution in [2.24, 2.45) is 5.41 Å². The van der Waals surface area contributed by atoms with Crippen molar-refractivity contribution in [3.8, 4) is 0 Å². The lowest BCUT2D eigenvalue weighted by atomic mass is 9.54. The Hall–Kier alpha value is -1.47. The number of hydrogen-bond donors (Lipinski definition) is 2. The molecule has 2 unspecified atom stereocenters. The van der Waals surface area contributed by atoms with E-state index in [-0.39, 0.29) is 18.4 Å². The van der Waals surface area contributed by atoms with Crippen molar-refractivity contribution in [2.45, 2.75) is 45.8 Å². The minimum Gasteiger partial charge on any atom is -0.479 e. The molecule has 1 heterocycles. The average molecular weight is 312 g/mol. The Morgan fingerprint density at radius 3 is 2.67 bits per heavy atom. The molecule has 0 aromatic carbocycles. The van der Waals surface area contributed by atoms with Gasteiger partial charge in [0.15, 0.2) is 0 Å². The van der Waals surface area contributed by atoms with Crippen molar-refractivity contribution in [1.29, 1.82) is 0 Å². The summed E-state index contributed by atoms with van der Waals surface area (Å²) in [5, 5.41) is 12.3. The van der Waals surface area contributed by atoms with Crippen LogP contribution in [0.1, 0.15) is 42.6 Å². The number of thiazole rings is 1. The normalized spacial score (nSPS) is 27.0. The largest absolute Gasteiger partial charge is 0.479 e. The first-order valence-corrected chi connectivity index (χ1v) is 7.72. The second-order valence-electron chi connectivity index (χ2n) is 5.80. The molecule has 116 valence electrons. The summed E-state index contributed by atoms with van der Waals surface area (Å²) in [6.45, 7) is 7.74. The number of carboxylic acid groups (broad SMARTS) is 1. The number of aryl methyl sites for hydroxylation is 1. The summed E-state index contributed by atoms with van der Waals surface area (Å²) >= 11 is 1.21. The molecule has 1 aliphatic carbocycles. The van der Waals surface area contributed by atoms with Crippen molar-refractivity contribution in [1.82, 2.24) is 10.3 Å². The Bertz CT molecular complexity index is 569. The van der Waals surface area contributed by atoms with Crippen molar-refractivity contribution in [3.63, 3.8) is 0 Å². The third-order valence-electron chi connectivity index (χ3n) is 4.41. The van der Waals surface area contributed by atoms with Crippen LogP contribution in [0.4, 0.5) is 0 Å². The predicted octanol–water partition coefficient (Wildman–Crippen LogP) is 1.84. The fourth-order valence-electron chi connectivity index (χ4n) is 2.81. The molecule has 1 saturated carbocycles. The Balaban J connectivity index is 2.24.